The summed E-state index contributed by atoms with van der Waals surface area (Å²) >= 11 is 0. The van der Waals surface area contributed by atoms with Crippen molar-refractivity contribution in [2.75, 3.05) is 0 Å². The van der Waals surface area contributed by atoms with Crippen molar-refractivity contribution in [3.63, 3.8) is 0 Å². The average molecular weight is 344 g/mol. The number of para-hydroxylation sites is 2. The predicted molar refractivity (Wildman–Crippen MR) is 103 cm³/mol. The van der Waals surface area contributed by atoms with Crippen LogP contribution in [0.15, 0.2) is 72.6 Å². The molecule has 0 bridgehead atoms. The van der Waals surface area contributed by atoms with Crippen LogP contribution in [0.1, 0.15) is 35.2 Å². The Morgan fingerprint density at radius 3 is 2.77 bits per heavy atom. The molecule has 4 nitrogen and oxygen atoms in total. The summed E-state index contributed by atoms with van der Waals surface area (Å²) < 4.78 is 2.20. The molecule has 0 saturated carbocycles. The number of carboxylic acid groups (broad SMARTS) is 1. The molecule has 2 aromatic carbocycles. The number of aromatic nitrogens is 2. The number of hydrogen-bond acceptors (Lipinski definition) is 2. The normalized spacial score (nSPS) is 14.2. The number of imidazole rings is 1. The summed E-state index contributed by atoms with van der Waals surface area (Å²) in [6, 6.07) is 15.4. The fourth-order valence-corrected chi connectivity index (χ4v) is 3.43. The molecule has 26 heavy (non-hydrogen) atoms. The van der Waals surface area contributed by atoms with Crippen molar-refractivity contribution in [1.82, 2.24) is 9.55 Å². The van der Waals surface area contributed by atoms with Gasteiger partial charge in [0.25, 0.3) is 0 Å². The van der Waals surface area contributed by atoms with Crippen LogP contribution in [-0.4, -0.2) is 20.6 Å². The number of benzene rings is 2. The lowest BCUT2D eigenvalue weighted by Crippen LogP contribution is -2.01. The second-order valence-corrected chi connectivity index (χ2v) is 6.58. The summed E-state index contributed by atoms with van der Waals surface area (Å²) in [5, 5.41) is 9.15. The number of aryl methyl sites for hydroxylation is 1. The SMILES string of the molecule is O=C(O)c1cccc(C2=CC=C(CCn3cnc4ccccc43)CC2)c1. The zero-order valence-electron chi connectivity index (χ0n) is 14.4. The van der Waals surface area contributed by atoms with E-state index < -0.39 is 5.97 Å². The third kappa shape index (κ3) is 3.31. The number of carboxylic acids is 1. The van der Waals surface area contributed by atoms with Gasteiger partial charge < -0.3 is 9.67 Å². The Hall–Kier alpha value is -3.14. The Morgan fingerprint density at radius 1 is 1.08 bits per heavy atom. The lowest BCUT2D eigenvalue weighted by atomic mass is 9.91. The minimum absolute atomic E-state index is 0.338. The number of rotatable bonds is 5. The van der Waals surface area contributed by atoms with Crippen molar-refractivity contribution in [2.45, 2.75) is 25.8 Å². The second kappa shape index (κ2) is 7.00. The second-order valence-electron chi connectivity index (χ2n) is 6.58. The van der Waals surface area contributed by atoms with E-state index in [-0.39, 0.29) is 0 Å². The van der Waals surface area contributed by atoms with Gasteiger partial charge in [0.2, 0.25) is 0 Å². The molecule has 1 aliphatic carbocycles. The van der Waals surface area contributed by atoms with Gasteiger partial charge in [0.1, 0.15) is 0 Å². The molecular formula is C22H20N2O2. The molecule has 1 heterocycles. The zero-order valence-corrected chi connectivity index (χ0v) is 14.4. The fourth-order valence-electron chi connectivity index (χ4n) is 3.43. The average Bonchev–Trinajstić information content (AvgIpc) is 3.10. The highest BCUT2D eigenvalue weighted by Gasteiger charge is 2.11. The Morgan fingerprint density at radius 2 is 1.96 bits per heavy atom. The maximum absolute atomic E-state index is 11.1. The van der Waals surface area contributed by atoms with Gasteiger partial charge in [-0.1, -0.05) is 42.0 Å². The van der Waals surface area contributed by atoms with Crippen molar-refractivity contribution in [3.8, 4) is 0 Å². The molecule has 0 saturated heterocycles. The molecule has 1 aliphatic rings. The first kappa shape index (κ1) is 16.3. The van der Waals surface area contributed by atoms with E-state index in [1.54, 1.807) is 12.1 Å². The lowest BCUT2D eigenvalue weighted by Gasteiger charge is -2.16. The summed E-state index contributed by atoms with van der Waals surface area (Å²) in [4.78, 5) is 15.6. The Labute approximate surface area is 152 Å². The minimum atomic E-state index is -0.882. The Bertz CT molecular complexity index is 1030. The summed E-state index contributed by atoms with van der Waals surface area (Å²) in [5.41, 5.74) is 6.16. The summed E-state index contributed by atoms with van der Waals surface area (Å²) in [6.07, 6.45) is 9.18. The van der Waals surface area contributed by atoms with Gasteiger partial charge >= 0.3 is 5.97 Å². The number of carbonyl (C=O) groups is 1. The third-order valence-corrected chi connectivity index (χ3v) is 4.92. The largest absolute Gasteiger partial charge is 0.478 e. The quantitative estimate of drug-likeness (QED) is 0.714. The van der Waals surface area contributed by atoms with Crippen LogP contribution in [0.5, 0.6) is 0 Å². The molecule has 0 fully saturated rings. The molecule has 4 heteroatoms. The maximum atomic E-state index is 11.1. The van der Waals surface area contributed by atoms with E-state index in [0.717, 1.165) is 36.9 Å². The van der Waals surface area contributed by atoms with E-state index >= 15 is 0 Å². The smallest absolute Gasteiger partial charge is 0.335 e. The molecule has 4 rings (SSSR count). The summed E-state index contributed by atoms with van der Waals surface area (Å²) in [5.74, 6) is -0.882. The van der Waals surface area contributed by atoms with Crippen molar-refractivity contribution in [3.05, 3.63) is 83.7 Å². The van der Waals surface area contributed by atoms with E-state index in [1.165, 1.54) is 16.7 Å². The van der Waals surface area contributed by atoms with Crippen LogP contribution in [-0.2, 0) is 6.54 Å². The highest BCUT2D eigenvalue weighted by molar-refractivity contribution is 5.89. The van der Waals surface area contributed by atoms with Crippen LogP contribution in [0, 0.1) is 0 Å². The topological polar surface area (TPSA) is 55.1 Å². The van der Waals surface area contributed by atoms with Crippen LogP contribution in [0.2, 0.25) is 0 Å². The Kier molecular flexibility index (Phi) is 4.40. The highest BCUT2D eigenvalue weighted by atomic mass is 16.4. The van der Waals surface area contributed by atoms with E-state index in [1.807, 2.05) is 36.7 Å². The van der Waals surface area contributed by atoms with Crippen LogP contribution < -0.4 is 0 Å². The first-order chi connectivity index (χ1) is 12.7. The summed E-state index contributed by atoms with van der Waals surface area (Å²) in [7, 11) is 0. The first-order valence-corrected chi connectivity index (χ1v) is 8.83. The fraction of sp³-hybridized carbons (Fsp3) is 0.182. The van der Waals surface area contributed by atoms with Crippen molar-refractivity contribution >= 4 is 22.6 Å². The molecule has 0 radical (unpaired) electrons. The van der Waals surface area contributed by atoms with Crippen LogP contribution in [0.3, 0.4) is 0 Å². The summed E-state index contributed by atoms with van der Waals surface area (Å²) in [6.45, 7) is 0.921. The van der Waals surface area contributed by atoms with Crippen molar-refractivity contribution in [1.29, 1.82) is 0 Å². The molecule has 0 amide bonds. The van der Waals surface area contributed by atoms with E-state index in [9.17, 15) is 4.79 Å². The van der Waals surface area contributed by atoms with Crippen LogP contribution >= 0.6 is 0 Å². The van der Waals surface area contributed by atoms with Crippen molar-refractivity contribution < 1.29 is 9.90 Å². The highest BCUT2D eigenvalue weighted by Crippen LogP contribution is 2.29. The molecule has 0 aliphatic heterocycles. The van der Waals surface area contributed by atoms with Crippen LogP contribution in [0.4, 0.5) is 0 Å². The number of nitrogens with zero attached hydrogens (tertiary/aromatic N) is 2. The Balaban J connectivity index is 1.47. The van der Waals surface area contributed by atoms with Gasteiger partial charge in [0.05, 0.1) is 22.9 Å². The molecule has 1 aromatic heterocycles. The molecule has 1 N–H and O–H groups in total. The first-order valence-electron chi connectivity index (χ1n) is 8.83. The molecule has 0 atom stereocenters. The molecule has 0 unspecified atom stereocenters. The molecule has 0 spiro atoms. The number of aromatic carboxylic acids is 1. The van der Waals surface area contributed by atoms with Crippen molar-refractivity contribution in [2.24, 2.45) is 0 Å². The number of hydrogen-bond donors (Lipinski definition) is 1. The van der Waals surface area contributed by atoms with Gasteiger partial charge in [-0.3, -0.25) is 0 Å². The predicted octanol–water partition coefficient (Wildman–Crippen LogP) is 4.93. The van der Waals surface area contributed by atoms with Gasteiger partial charge in [-0.15, -0.1) is 0 Å². The lowest BCUT2D eigenvalue weighted by molar-refractivity contribution is 0.0697. The standard InChI is InChI=1S/C22H20N2O2/c25-22(26)19-5-3-4-18(14-19)17-10-8-16(9-11-17)12-13-24-15-23-20-6-1-2-7-21(20)24/h1-8,10,14-15H,9,11-13H2,(H,25,26). The van der Waals surface area contributed by atoms with Gasteiger partial charge in [-0.2, -0.15) is 0 Å². The van der Waals surface area contributed by atoms with E-state index in [0.29, 0.717) is 5.56 Å². The van der Waals surface area contributed by atoms with Gasteiger partial charge in [0.15, 0.2) is 0 Å². The van der Waals surface area contributed by atoms with E-state index in [4.69, 9.17) is 5.11 Å². The minimum Gasteiger partial charge on any atom is -0.478 e. The van der Waals surface area contributed by atoms with E-state index in [2.05, 4.69) is 27.8 Å². The maximum Gasteiger partial charge on any atom is 0.335 e. The molecule has 130 valence electrons. The monoisotopic (exact) mass is 344 g/mol. The molecule has 3 aromatic rings. The third-order valence-electron chi connectivity index (χ3n) is 4.92. The van der Waals surface area contributed by atoms with Gasteiger partial charge in [0, 0.05) is 6.54 Å². The van der Waals surface area contributed by atoms with Gasteiger partial charge in [-0.25, -0.2) is 9.78 Å². The molecular weight excluding hydrogens is 324 g/mol. The number of fused-ring (bicyclic) bond motifs is 1. The van der Waals surface area contributed by atoms with Crippen LogP contribution in [0.25, 0.3) is 16.6 Å². The van der Waals surface area contributed by atoms with Gasteiger partial charge in [-0.05, 0) is 54.7 Å². The number of allylic oxidation sites excluding steroid dienone is 4. The zero-order chi connectivity index (χ0) is 17.9.